The summed E-state index contributed by atoms with van der Waals surface area (Å²) in [7, 11) is -1.64. The van der Waals surface area contributed by atoms with E-state index in [2.05, 4.69) is 61.3 Å². The fourth-order valence-corrected chi connectivity index (χ4v) is 6.40. The fourth-order valence-electron chi connectivity index (χ4n) is 5.64. The van der Waals surface area contributed by atoms with Crippen molar-refractivity contribution in [1.82, 2.24) is 29.7 Å². The van der Waals surface area contributed by atoms with E-state index in [4.69, 9.17) is 0 Å². The number of pyridine rings is 1. The number of amides is 1. The van der Waals surface area contributed by atoms with Gasteiger partial charge in [0, 0.05) is 61.0 Å². The van der Waals surface area contributed by atoms with Crippen LogP contribution in [0.25, 0.3) is 22.2 Å². The molecule has 11 nitrogen and oxygen atoms in total. The number of halogens is 1. The third-order valence-electron chi connectivity index (χ3n) is 8.20. The van der Waals surface area contributed by atoms with Gasteiger partial charge in [0.1, 0.15) is 4.90 Å². The first-order chi connectivity index (χ1) is 20.4. The molecular formula is C30H37FN8O3S. The number of H-pyrrole nitrogens is 1. The molecule has 1 aliphatic rings. The van der Waals surface area contributed by atoms with E-state index in [9.17, 15) is 17.6 Å². The molecule has 0 bridgehead atoms. The van der Waals surface area contributed by atoms with Gasteiger partial charge in [0.2, 0.25) is 11.9 Å². The predicted molar refractivity (Wildman–Crippen MR) is 166 cm³/mol. The molecule has 3 atom stereocenters. The zero-order valence-electron chi connectivity index (χ0n) is 25.1. The van der Waals surface area contributed by atoms with Crippen molar-refractivity contribution in [3.8, 4) is 11.3 Å². The molecule has 228 valence electrons. The van der Waals surface area contributed by atoms with Crippen LogP contribution < -0.4 is 10.6 Å². The molecule has 5 rings (SSSR count). The van der Waals surface area contributed by atoms with Crippen LogP contribution in [0.3, 0.4) is 0 Å². The standard InChI is InChI=1S/C30H37FN8O3S/c1-7-23(39-15-18(3)38(5)19(4)16-39)29(40)37-28-27-20(11-12-32-28)21(14-33-27)26-17(2)13-34-30(36-26)35-22-9-8-10-24(25(22)31)43(6,41)42/h8-14,18-19,23,33H,7,15-16H2,1-6H3,(H,32,37,40)(H,34,35,36). The number of carbonyl (C=O) groups excluding carboxylic acids is 1. The van der Waals surface area contributed by atoms with Crippen molar-refractivity contribution in [2.24, 2.45) is 0 Å². The van der Waals surface area contributed by atoms with Crippen molar-refractivity contribution in [3.63, 3.8) is 0 Å². The van der Waals surface area contributed by atoms with Crippen LogP contribution in [0.5, 0.6) is 0 Å². The molecule has 0 saturated carbocycles. The highest BCUT2D eigenvalue weighted by molar-refractivity contribution is 7.90. The highest BCUT2D eigenvalue weighted by Crippen LogP contribution is 2.33. The van der Waals surface area contributed by atoms with E-state index in [1.54, 1.807) is 18.6 Å². The van der Waals surface area contributed by atoms with Gasteiger partial charge in [0.15, 0.2) is 21.5 Å². The first-order valence-corrected chi connectivity index (χ1v) is 16.1. The van der Waals surface area contributed by atoms with Crippen LogP contribution in [0.2, 0.25) is 0 Å². The Morgan fingerprint density at radius 2 is 1.91 bits per heavy atom. The first-order valence-electron chi connectivity index (χ1n) is 14.2. The number of anilines is 3. The van der Waals surface area contributed by atoms with Gasteiger partial charge < -0.3 is 15.6 Å². The first kappa shape index (κ1) is 30.5. The lowest BCUT2D eigenvalue weighted by atomic mass is 10.0. The number of sulfone groups is 1. The Labute approximate surface area is 250 Å². The van der Waals surface area contributed by atoms with Gasteiger partial charge in [0.05, 0.1) is 22.9 Å². The lowest BCUT2D eigenvalue weighted by Gasteiger charge is -2.44. The molecule has 0 aliphatic carbocycles. The minimum Gasteiger partial charge on any atom is -0.357 e. The molecule has 3 unspecified atom stereocenters. The summed E-state index contributed by atoms with van der Waals surface area (Å²) in [6.45, 7) is 9.85. The van der Waals surface area contributed by atoms with Crippen molar-refractivity contribution < 1.29 is 17.6 Å². The van der Waals surface area contributed by atoms with E-state index in [0.29, 0.717) is 35.5 Å². The zero-order valence-corrected chi connectivity index (χ0v) is 26.0. The molecule has 3 N–H and O–H groups in total. The number of aromatic nitrogens is 4. The van der Waals surface area contributed by atoms with E-state index < -0.39 is 20.5 Å². The summed E-state index contributed by atoms with van der Waals surface area (Å²) < 4.78 is 38.9. The number of hydrogen-bond donors (Lipinski definition) is 3. The minimum absolute atomic E-state index is 0.0551. The largest absolute Gasteiger partial charge is 0.357 e. The van der Waals surface area contributed by atoms with Crippen LogP contribution in [0.1, 0.15) is 32.8 Å². The lowest BCUT2D eigenvalue weighted by molar-refractivity contribution is -0.123. The minimum atomic E-state index is -3.76. The SMILES string of the molecule is CCC(C(=O)Nc1nccc2c(-c3nc(Nc4cccc(S(C)(=O)=O)c4F)ncc3C)c[nH]c12)N1CC(C)N(C)C(C)C1. The van der Waals surface area contributed by atoms with Crippen LogP contribution in [-0.4, -0.2) is 88.6 Å². The Bertz CT molecular complexity index is 1760. The number of carbonyl (C=O) groups is 1. The summed E-state index contributed by atoms with van der Waals surface area (Å²) in [6, 6.07) is 6.32. The summed E-state index contributed by atoms with van der Waals surface area (Å²) in [6.07, 6.45) is 6.65. The summed E-state index contributed by atoms with van der Waals surface area (Å²) in [5.74, 6) is -0.485. The summed E-state index contributed by atoms with van der Waals surface area (Å²) in [5.41, 5.74) is 2.69. The number of rotatable bonds is 8. The van der Waals surface area contributed by atoms with Crippen molar-refractivity contribution in [2.75, 3.05) is 37.0 Å². The van der Waals surface area contributed by atoms with E-state index in [1.807, 2.05) is 19.9 Å². The molecule has 0 radical (unpaired) electrons. The third kappa shape index (κ3) is 6.10. The summed E-state index contributed by atoms with van der Waals surface area (Å²) in [5, 5.41) is 6.65. The van der Waals surface area contributed by atoms with Crippen LogP contribution in [0, 0.1) is 12.7 Å². The van der Waals surface area contributed by atoms with Gasteiger partial charge in [-0.05, 0) is 58.0 Å². The number of fused-ring (bicyclic) bond motifs is 1. The quantitative estimate of drug-likeness (QED) is 0.267. The molecule has 1 aromatic carbocycles. The van der Waals surface area contributed by atoms with E-state index in [1.165, 1.54) is 18.2 Å². The number of nitrogens with zero attached hydrogens (tertiary/aromatic N) is 5. The predicted octanol–water partition coefficient (Wildman–Crippen LogP) is 4.36. The topological polar surface area (TPSA) is 136 Å². The number of nitrogens with one attached hydrogen (secondary N) is 3. The van der Waals surface area contributed by atoms with Crippen molar-refractivity contribution in [2.45, 2.75) is 57.1 Å². The van der Waals surface area contributed by atoms with Crippen molar-refractivity contribution >= 4 is 44.1 Å². The molecule has 1 fully saturated rings. The van der Waals surface area contributed by atoms with Crippen molar-refractivity contribution in [1.29, 1.82) is 0 Å². The van der Waals surface area contributed by atoms with Gasteiger partial charge in [-0.1, -0.05) is 13.0 Å². The van der Waals surface area contributed by atoms with E-state index >= 15 is 0 Å². The smallest absolute Gasteiger partial charge is 0.242 e. The zero-order chi connectivity index (χ0) is 31.1. The maximum absolute atomic E-state index is 15.0. The van der Waals surface area contributed by atoms with Gasteiger partial charge in [-0.3, -0.25) is 14.6 Å². The van der Waals surface area contributed by atoms with Gasteiger partial charge in [-0.2, -0.15) is 0 Å². The highest BCUT2D eigenvalue weighted by Gasteiger charge is 2.33. The van der Waals surface area contributed by atoms with Crippen LogP contribution in [0.15, 0.2) is 47.8 Å². The van der Waals surface area contributed by atoms with E-state index in [0.717, 1.165) is 35.9 Å². The number of piperazine rings is 1. The molecule has 13 heteroatoms. The van der Waals surface area contributed by atoms with Crippen LogP contribution in [-0.2, 0) is 14.6 Å². The van der Waals surface area contributed by atoms with Crippen LogP contribution >= 0.6 is 0 Å². The molecule has 4 aromatic rings. The van der Waals surface area contributed by atoms with Gasteiger partial charge in [-0.15, -0.1) is 0 Å². The average molecular weight is 609 g/mol. The number of benzene rings is 1. The number of likely N-dealkylation sites (N-methyl/N-ethyl adjacent to an activating group) is 1. The molecular weight excluding hydrogens is 571 g/mol. The molecule has 4 heterocycles. The second kappa shape index (κ2) is 12.0. The number of hydrogen-bond acceptors (Lipinski definition) is 9. The lowest BCUT2D eigenvalue weighted by Crippen LogP contribution is -2.59. The Hall–Kier alpha value is -3.94. The second-order valence-electron chi connectivity index (χ2n) is 11.3. The Morgan fingerprint density at radius 3 is 2.58 bits per heavy atom. The van der Waals surface area contributed by atoms with Gasteiger partial charge in [0.25, 0.3) is 0 Å². The molecule has 3 aromatic heterocycles. The Balaban J connectivity index is 1.42. The Kier molecular flexibility index (Phi) is 8.50. The van der Waals surface area contributed by atoms with Gasteiger partial charge >= 0.3 is 0 Å². The summed E-state index contributed by atoms with van der Waals surface area (Å²) in [4.78, 5) is 34.3. The molecule has 43 heavy (non-hydrogen) atoms. The highest BCUT2D eigenvalue weighted by atomic mass is 32.2. The number of aromatic amines is 1. The third-order valence-corrected chi connectivity index (χ3v) is 9.31. The molecule has 1 saturated heterocycles. The maximum Gasteiger partial charge on any atom is 0.242 e. The monoisotopic (exact) mass is 608 g/mol. The molecule has 1 amide bonds. The average Bonchev–Trinajstić information content (AvgIpc) is 3.38. The van der Waals surface area contributed by atoms with Gasteiger partial charge in [-0.25, -0.2) is 27.8 Å². The second-order valence-corrected chi connectivity index (χ2v) is 13.2. The summed E-state index contributed by atoms with van der Waals surface area (Å²) >= 11 is 0. The normalized spacial score (nSPS) is 19.0. The molecule has 1 aliphatic heterocycles. The maximum atomic E-state index is 15.0. The van der Waals surface area contributed by atoms with Crippen LogP contribution in [0.4, 0.5) is 21.8 Å². The number of aryl methyl sites for hydroxylation is 1. The Morgan fingerprint density at radius 1 is 1.19 bits per heavy atom. The fraction of sp³-hybridized carbons (Fsp3) is 0.400. The van der Waals surface area contributed by atoms with E-state index in [-0.39, 0.29) is 23.6 Å². The molecule has 0 spiro atoms. The van der Waals surface area contributed by atoms with Crippen molar-refractivity contribution in [3.05, 3.63) is 54.2 Å².